The van der Waals surface area contributed by atoms with Crippen LogP contribution in [0.25, 0.3) is 0 Å². The smallest absolute Gasteiger partial charge is 0.293 e. The maximum Gasteiger partial charge on any atom is 0.293 e. The second-order valence-corrected chi connectivity index (χ2v) is 7.82. The summed E-state index contributed by atoms with van der Waals surface area (Å²) in [6.07, 6.45) is 1.99. The molecule has 2 aromatic rings. The Balaban J connectivity index is 1.69. The lowest BCUT2D eigenvalue weighted by Crippen LogP contribution is -2.41. The van der Waals surface area contributed by atoms with Gasteiger partial charge < -0.3 is 10.6 Å². The molecular formula is C22H28N4O3. The zero-order valence-electron chi connectivity index (χ0n) is 16.9. The summed E-state index contributed by atoms with van der Waals surface area (Å²) in [7, 11) is 0. The summed E-state index contributed by atoms with van der Waals surface area (Å²) in [5.41, 5.74) is 1.95. The standard InChI is InChI=1S/C22H28N4O3/c1-16(2)23-22(27)18-10-11-20(21(13-18)26(28)29)24-19-9-6-12-25(15-19)14-17-7-4-3-5-8-17/h3-5,7-8,10-11,13,16,19,24H,6,9,12,14-15H2,1-2H3,(H,23,27). The van der Waals surface area contributed by atoms with E-state index < -0.39 is 4.92 Å². The van der Waals surface area contributed by atoms with Gasteiger partial charge in [-0.3, -0.25) is 19.8 Å². The average molecular weight is 396 g/mol. The molecule has 29 heavy (non-hydrogen) atoms. The van der Waals surface area contributed by atoms with Crippen molar-refractivity contribution in [2.24, 2.45) is 0 Å². The van der Waals surface area contributed by atoms with Gasteiger partial charge in [-0.15, -0.1) is 0 Å². The van der Waals surface area contributed by atoms with Crippen LogP contribution in [0.15, 0.2) is 48.5 Å². The van der Waals surface area contributed by atoms with Crippen molar-refractivity contribution in [1.82, 2.24) is 10.2 Å². The van der Waals surface area contributed by atoms with E-state index in [-0.39, 0.29) is 23.7 Å². The zero-order valence-corrected chi connectivity index (χ0v) is 16.9. The second kappa shape index (κ2) is 9.52. The number of nitrogens with one attached hydrogen (secondary N) is 2. The Morgan fingerprint density at radius 2 is 2.00 bits per heavy atom. The van der Waals surface area contributed by atoms with E-state index in [1.807, 2.05) is 32.0 Å². The first-order valence-corrected chi connectivity index (χ1v) is 10.0. The molecule has 0 bridgehead atoms. The maximum absolute atomic E-state index is 12.2. The number of piperidine rings is 1. The van der Waals surface area contributed by atoms with E-state index in [0.29, 0.717) is 11.3 Å². The molecule has 1 heterocycles. The molecule has 1 aliphatic rings. The molecule has 0 aliphatic carbocycles. The molecule has 0 spiro atoms. The summed E-state index contributed by atoms with van der Waals surface area (Å²) in [6, 6.07) is 15.0. The molecule has 2 aromatic carbocycles. The highest BCUT2D eigenvalue weighted by Crippen LogP contribution is 2.28. The van der Waals surface area contributed by atoms with Crippen molar-refractivity contribution in [3.63, 3.8) is 0 Å². The molecule has 3 rings (SSSR count). The molecule has 1 saturated heterocycles. The van der Waals surface area contributed by atoms with Gasteiger partial charge in [-0.05, 0) is 50.9 Å². The summed E-state index contributed by atoms with van der Waals surface area (Å²) in [6.45, 7) is 6.42. The molecule has 154 valence electrons. The van der Waals surface area contributed by atoms with Crippen molar-refractivity contribution in [3.8, 4) is 0 Å². The van der Waals surface area contributed by atoms with Crippen molar-refractivity contribution >= 4 is 17.3 Å². The lowest BCUT2D eigenvalue weighted by atomic mass is 10.0. The number of nitro benzene ring substituents is 1. The lowest BCUT2D eigenvalue weighted by Gasteiger charge is -2.33. The van der Waals surface area contributed by atoms with Crippen molar-refractivity contribution in [2.45, 2.75) is 45.3 Å². The van der Waals surface area contributed by atoms with Crippen molar-refractivity contribution < 1.29 is 9.72 Å². The Kier molecular flexibility index (Phi) is 6.82. The van der Waals surface area contributed by atoms with Gasteiger partial charge >= 0.3 is 0 Å². The summed E-state index contributed by atoms with van der Waals surface area (Å²) < 4.78 is 0. The fourth-order valence-electron chi connectivity index (χ4n) is 3.67. The SMILES string of the molecule is CC(C)NC(=O)c1ccc(NC2CCCN(Cc3ccccc3)C2)c([N+](=O)[O-])c1. The number of carbonyl (C=O) groups excluding carboxylic acids is 1. The van der Waals surface area contributed by atoms with E-state index in [2.05, 4.69) is 27.7 Å². The predicted octanol–water partition coefficient (Wildman–Crippen LogP) is 3.81. The number of carbonyl (C=O) groups is 1. The third kappa shape index (κ3) is 5.77. The number of nitrogens with zero attached hydrogens (tertiary/aromatic N) is 2. The van der Waals surface area contributed by atoms with Gasteiger partial charge in [0.25, 0.3) is 11.6 Å². The molecule has 2 N–H and O–H groups in total. The Labute approximate surface area is 171 Å². The molecule has 7 nitrogen and oxygen atoms in total. The fraction of sp³-hybridized carbons (Fsp3) is 0.409. The van der Waals surface area contributed by atoms with E-state index >= 15 is 0 Å². The number of hydrogen-bond acceptors (Lipinski definition) is 5. The van der Waals surface area contributed by atoms with Crippen LogP contribution in [-0.4, -0.2) is 40.9 Å². The van der Waals surface area contributed by atoms with Crippen LogP contribution in [-0.2, 0) is 6.54 Å². The van der Waals surface area contributed by atoms with Gasteiger partial charge in [0.2, 0.25) is 0 Å². The van der Waals surface area contributed by atoms with E-state index in [1.165, 1.54) is 11.6 Å². The number of likely N-dealkylation sites (tertiary alicyclic amines) is 1. The van der Waals surface area contributed by atoms with E-state index in [1.54, 1.807) is 12.1 Å². The van der Waals surface area contributed by atoms with Gasteiger partial charge in [-0.2, -0.15) is 0 Å². The van der Waals surface area contributed by atoms with Crippen LogP contribution in [0.3, 0.4) is 0 Å². The summed E-state index contributed by atoms with van der Waals surface area (Å²) >= 11 is 0. The van der Waals surface area contributed by atoms with Crippen LogP contribution < -0.4 is 10.6 Å². The minimum atomic E-state index is -0.431. The molecule has 0 aromatic heterocycles. The molecular weight excluding hydrogens is 368 g/mol. The number of rotatable bonds is 7. The van der Waals surface area contributed by atoms with Gasteiger partial charge in [0.05, 0.1) is 4.92 Å². The van der Waals surface area contributed by atoms with E-state index in [0.717, 1.165) is 32.5 Å². The summed E-state index contributed by atoms with van der Waals surface area (Å²) in [4.78, 5) is 25.7. The Bertz CT molecular complexity index is 854. The average Bonchev–Trinajstić information content (AvgIpc) is 2.68. The van der Waals surface area contributed by atoms with Crippen LogP contribution in [0.4, 0.5) is 11.4 Å². The molecule has 7 heteroatoms. The molecule has 1 amide bonds. The number of nitro groups is 1. The topological polar surface area (TPSA) is 87.5 Å². The highest BCUT2D eigenvalue weighted by Gasteiger charge is 2.24. The molecule has 1 atom stereocenters. The van der Waals surface area contributed by atoms with Crippen molar-refractivity contribution in [2.75, 3.05) is 18.4 Å². The van der Waals surface area contributed by atoms with Gasteiger partial charge in [0.15, 0.2) is 0 Å². The van der Waals surface area contributed by atoms with Crippen LogP contribution >= 0.6 is 0 Å². The van der Waals surface area contributed by atoms with Gasteiger partial charge in [-0.1, -0.05) is 30.3 Å². The van der Waals surface area contributed by atoms with Crippen molar-refractivity contribution in [3.05, 3.63) is 69.8 Å². The normalized spacial score (nSPS) is 17.1. The number of amides is 1. The molecule has 0 saturated carbocycles. The summed E-state index contributed by atoms with van der Waals surface area (Å²) in [5.74, 6) is -0.304. The Morgan fingerprint density at radius 1 is 1.24 bits per heavy atom. The quantitative estimate of drug-likeness (QED) is 0.549. The van der Waals surface area contributed by atoms with Crippen LogP contribution in [0.5, 0.6) is 0 Å². The van der Waals surface area contributed by atoms with Crippen LogP contribution in [0, 0.1) is 10.1 Å². The van der Waals surface area contributed by atoms with Gasteiger partial charge in [0.1, 0.15) is 5.69 Å². The number of anilines is 1. The van der Waals surface area contributed by atoms with Crippen LogP contribution in [0.1, 0.15) is 42.6 Å². The highest BCUT2D eigenvalue weighted by atomic mass is 16.6. The Morgan fingerprint density at radius 3 is 2.69 bits per heavy atom. The number of hydrogen-bond donors (Lipinski definition) is 2. The third-order valence-electron chi connectivity index (χ3n) is 4.99. The third-order valence-corrected chi connectivity index (χ3v) is 4.99. The minimum Gasteiger partial charge on any atom is -0.375 e. The molecule has 1 unspecified atom stereocenters. The molecule has 1 aliphatic heterocycles. The zero-order chi connectivity index (χ0) is 20.8. The summed E-state index contributed by atoms with van der Waals surface area (Å²) in [5, 5.41) is 17.7. The fourth-order valence-corrected chi connectivity index (χ4v) is 3.67. The van der Waals surface area contributed by atoms with E-state index in [9.17, 15) is 14.9 Å². The molecule has 0 radical (unpaired) electrons. The first-order valence-electron chi connectivity index (χ1n) is 10.0. The first-order chi connectivity index (χ1) is 13.9. The van der Waals surface area contributed by atoms with Gasteiger partial charge in [0, 0.05) is 36.8 Å². The minimum absolute atomic E-state index is 0.0304. The monoisotopic (exact) mass is 396 g/mol. The lowest BCUT2D eigenvalue weighted by molar-refractivity contribution is -0.384. The number of benzene rings is 2. The first kappa shape index (κ1) is 20.8. The van der Waals surface area contributed by atoms with Crippen LogP contribution in [0.2, 0.25) is 0 Å². The second-order valence-electron chi connectivity index (χ2n) is 7.82. The largest absolute Gasteiger partial charge is 0.375 e. The van der Waals surface area contributed by atoms with E-state index in [4.69, 9.17) is 0 Å². The maximum atomic E-state index is 12.2. The van der Waals surface area contributed by atoms with Gasteiger partial charge in [-0.25, -0.2) is 0 Å². The van der Waals surface area contributed by atoms with Crippen molar-refractivity contribution in [1.29, 1.82) is 0 Å². The highest BCUT2D eigenvalue weighted by molar-refractivity contribution is 5.95. The molecule has 1 fully saturated rings. The Hall–Kier alpha value is -2.93. The predicted molar refractivity (Wildman–Crippen MR) is 114 cm³/mol.